The predicted octanol–water partition coefficient (Wildman–Crippen LogP) is 31.6. The predicted molar refractivity (Wildman–Crippen MR) is 496 cm³/mol. The van der Waals surface area contributed by atoms with Crippen molar-refractivity contribution >= 4 is 53.9 Å². The molecule has 562 valence electrons. The highest BCUT2D eigenvalue weighted by atomic mass is 14.7. The third-order valence-corrected chi connectivity index (χ3v) is 30.7. The first kappa shape index (κ1) is 68.5. The molecule has 10 aliphatic carbocycles. The average Bonchev–Trinajstić information content (AvgIpc) is 1.48. The fourth-order valence-electron chi connectivity index (χ4n) is 26.5. The normalized spacial score (nSPS) is 22.3. The summed E-state index contributed by atoms with van der Waals surface area (Å²) in [6.45, 7) is 0. The highest BCUT2D eigenvalue weighted by molar-refractivity contribution is 6.24. The van der Waals surface area contributed by atoms with Crippen LogP contribution in [0.15, 0.2) is 376 Å². The van der Waals surface area contributed by atoms with E-state index in [-0.39, 0.29) is 10.8 Å². The van der Waals surface area contributed by atoms with Gasteiger partial charge in [-0.15, -0.1) is 0 Å². The van der Waals surface area contributed by atoms with E-state index in [1.807, 2.05) is 0 Å². The minimum atomic E-state index is 0.0650. The van der Waals surface area contributed by atoms with Crippen LogP contribution < -0.4 is 0 Å². The van der Waals surface area contributed by atoms with Crippen molar-refractivity contribution in [1.82, 2.24) is 0 Å². The van der Waals surface area contributed by atoms with Gasteiger partial charge in [-0.2, -0.15) is 0 Å². The maximum absolute atomic E-state index is 2.69. The average molecular weight is 1510 g/mol. The van der Waals surface area contributed by atoms with E-state index in [4.69, 9.17) is 0 Å². The van der Waals surface area contributed by atoms with Crippen molar-refractivity contribution < 1.29 is 0 Å². The molecule has 118 heavy (non-hydrogen) atoms. The molecule has 0 nitrogen and oxygen atoms in total. The van der Waals surface area contributed by atoms with Crippen LogP contribution in [0.5, 0.6) is 0 Å². The summed E-state index contributed by atoms with van der Waals surface area (Å²) >= 11 is 0. The van der Waals surface area contributed by atoms with Gasteiger partial charge in [0.1, 0.15) is 0 Å². The Morgan fingerprint density at radius 1 is 0.153 bits per heavy atom. The van der Waals surface area contributed by atoms with E-state index in [9.17, 15) is 0 Å². The molecule has 18 aromatic carbocycles. The van der Waals surface area contributed by atoms with E-state index in [1.54, 1.807) is 22.3 Å². The zero-order chi connectivity index (χ0) is 77.3. The largest absolute Gasteiger partial charge is 0.0622 e. The minimum Gasteiger partial charge on any atom is -0.0622 e. The maximum Gasteiger partial charge on any atom is 0.0272 e. The standard InChI is InChI=1S/C60H46.C58H44/c1-4-14-40(15-5-1)43-25-29-54(55(35-43)42-18-8-3-9-19-42)59-52-22-12-10-20-50(52)58(51-21-11-13-23-53(51)59)45-26-28-49-48-27-24-44(41-16-6-2-7-17-41)36-56(48)60(57(49)37-45)46-31-38-30-39(33-46)34-47(60)32-38;1-2-11-38(12-3-1)42-25-27-48-49-28-26-43(35-55(49)58(54(48)34-42)44-30-36-29-37(32-44)33-45(58)31-36)57-52-18-8-6-16-50(52)56(51-17-7-9-19-53(51)57)41-23-21-40(22-24-41)47-20-10-14-39-13-4-5-15-46(39)47/h1-29,35-39,46-47H,30-34H2;1-28,34-37,44-45H,29-33H2. The summed E-state index contributed by atoms with van der Waals surface area (Å²) in [7, 11) is 0. The van der Waals surface area contributed by atoms with Gasteiger partial charge in [-0.3, -0.25) is 0 Å². The van der Waals surface area contributed by atoms with Crippen LogP contribution in [0.25, 0.3) is 176 Å². The molecule has 0 unspecified atom stereocenters. The number of rotatable bonds is 9. The van der Waals surface area contributed by atoms with Crippen molar-refractivity contribution in [3.8, 4) is 122 Å². The molecule has 0 aromatic heterocycles. The highest BCUT2D eigenvalue weighted by Crippen LogP contribution is 2.72. The number of hydrogen-bond donors (Lipinski definition) is 0. The molecular formula is C118H90. The Morgan fingerprint density at radius 2 is 0.415 bits per heavy atom. The summed E-state index contributed by atoms with van der Waals surface area (Å²) in [6.07, 6.45) is 13.9. The summed E-state index contributed by atoms with van der Waals surface area (Å²) in [5.41, 5.74) is 35.9. The summed E-state index contributed by atoms with van der Waals surface area (Å²) in [4.78, 5) is 0. The monoisotopic (exact) mass is 1510 g/mol. The summed E-state index contributed by atoms with van der Waals surface area (Å²) in [5.74, 6) is 6.41. The first-order chi connectivity index (χ1) is 58.4. The van der Waals surface area contributed by atoms with Gasteiger partial charge in [-0.05, 0) is 340 Å². The lowest BCUT2D eigenvalue weighted by Gasteiger charge is -2.61. The van der Waals surface area contributed by atoms with Crippen LogP contribution in [0.4, 0.5) is 0 Å². The van der Waals surface area contributed by atoms with Crippen molar-refractivity contribution in [2.45, 2.75) is 75.0 Å². The highest BCUT2D eigenvalue weighted by Gasteiger charge is 2.63. The molecule has 8 saturated carbocycles. The lowest BCUT2D eigenvalue weighted by molar-refractivity contribution is -0.0399. The number of benzene rings is 18. The SMILES string of the molecule is c1ccc(-c2ccc(-c3c4ccccc4c(-c4ccc5c(c4)C4(c6cc(-c7ccccc7)ccc6-5)C5CC6CC(C5)CC4C6)c4ccccc34)c(-c3ccccc3)c2)cc1.c1ccc(-c2ccc3c(c2)C2(c4cc(-c5c6ccccc6c(-c6ccc(-c7cccc8ccccc78)cc6)c6ccccc56)ccc4-3)C3CC4CC(C3)CC2C4)cc1. The van der Waals surface area contributed by atoms with Crippen LogP contribution in [0.2, 0.25) is 0 Å². The van der Waals surface area contributed by atoms with Gasteiger partial charge in [0.15, 0.2) is 0 Å². The van der Waals surface area contributed by atoms with Crippen LogP contribution in [0, 0.1) is 47.3 Å². The van der Waals surface area contributed by atoms with Crippen molar-refractivity contribution in [3.63, 3.8) is 0 Å². The van der Waals surface area contributed by atoms with Gasteiger partial charge in [-0.1, -0.05) is 346 Å². The molecule has 0 atom stereocenters. The smallest absolute Gasteiger partial charge is 0.0272 e. The molecule has 0 heterocycles. The second-order valence-corrected chi connectivity index (χ2v) is 36.4. The molecule has 10 aliphatic rings. The van der Waals surface area contributed by atoms with Gasteiger partial charge >= 0.3 is 0 Å². The first-order valence-electron chi connectivity index (χ1n) is 43.9. The molecule has 0 saturated heterocycles. The Kier molecular flexibility index (Phi) is 15.6. The maximum atomic E-state index is 2.69. The fourth-order valence-corrected chi connectivity index (χ4v) is 26.5. The van der Waals surface area contributed by atoms with Gasteiger partial charge in [0, 0.05) is 10.8 Å². The molecule has 0 amide bonds. The molecule has 0 heteroatoms. The second-order valence-electron chi connectivity index (χ2n) is 36.4. The van der Waals surface area contributed by atoms with Crippen LogP contribution in [0.1, 0.15) is 86.5 Å². The topological polar surface area (TPSA) is 0 Å². The van der Waals surface area contributed by atoms with E-state index < -0.39 is 0 Å². The minimum absolute atomic E-state index is 0.0650. The molecule has 28 rings (SSSR count). The van der Waals surface area contributed by atoms with E-state index in [1.165, 1.54) is 240 Å². The van der Waals surface area contributed by atoms with Gasteiger partial charge in [0.2, 0.25) is 0 Å². The Balaban J connectivity index is 0.000000132. The molecular weight excluding hydrogens is 1420 g/mol. The fraction of sp³-hybridized carbons (Fsp3) is 0.169. The molecule has 0 aliphatic heterocycles. The van der Waals surface area contributed by atoms with Gasteiger partial charge in [0.05, 0.1) is 0 Å². The van der Waals surface area contributed by atoms with Crippen LogP contribution in [-0.2, 0) is 10.8 Å². The van der Waals surface area contributed by atoms with Gasteiger partial charge in [0.25, 0.3) is 0 Å². The van der Waals surface area contributed by atoms with Crippen molar-refractivity contribution in [2.24, 2.45) is 47.3 Å². The molecule has 8 fully saturated rings. The van der Waals surface area contributed by atoms with Crippen LogP contribution in [-0.4, -0.2) is 0 Å². The molecule has 18 aromatic rings. The molecule has 8 bridgehead atoms. The lowest BCUT2D eigenvalue weighted by Crippen LogP contribution is -2.55. The molecule has 0 N–H and O–H groups in total. The third-order valence-electron chi connectivity index (χ3n) is 30.7. The van der Waals surface area contributed by atoms with Gasteiger partial charge < -0.3 is 0 Å². The van der Waals surface area contributed by atoms with Crippen molar-refractivity contribution in [1.29, 1.82) is 0 Å². The third kappa shape index (κ3) is 10.3. The van der Waals surface area contributed by atoms with Crippen molar-refractivity contribution in [2.75, 3.05) is 0 Å². The molecule has 0 radical (unpaired) electrons. The Hall–Kier alpha value is -12.7. The van der Waals surface area contributed by atoms with Crippen LogP contribution >= 0.6 is 0 Å². The van der Waals surface area contributed by atoms with E-state index in [2.05, 4.69) is 376 Å². The quantitative estimate of drug-likeness (QED) is 0.126. The van der Waals surface area contributed by atoms with E-state index in [0.29, 0.717) is 23.7 Å². The Labute approximate surface area is 692 Å². The lowest BCUT2D eigenvalue weighted by atomic mass is 9.43. The molecule has 2 spiro atoms. The van der Waals surface area contributed by atoms with E-state index >= 15 is 0 Å². The van der Waals surface area contributed by atoms with Crippen molar-refractivity contribution in [3.05, 3.63) is 398 Å². The van der Waals surface area contributed by atoms with Crippen LogP contribution in [0.3, 0.4) is 0 Å². The second kappa shape index (κ2) is 26.9. The zero-order valence-corrected chi connectivity index (χ0v) is 66.5. The van der Waals surface area contributed by atoms with Gasteiger partial charge in [-0.25, -0.2) is 0 Å². The summed E-state index contributed by atoms with van der Waals surface area (Å²) in [6, 6.07) is 143. The Bertz CT molecular complexity index is 6930. The number of fused-ring (bicyclic) bond motifs is 11. The Morgan fingerprint density at radius 3 is 0.797 bits per heavy atom. The summed E-state index contributed by atoms with van der Waals surface area (Å²) < 4.78 is 0. The summed E-state index contributed by atoms with van der Waals surface area (Å²) in [5, 5.41) is 13.1. The first-order valence-corrected chi connectivity index (χ1v) is 43.9. The van der Waals surface area contributed by atoms with E-state index in [0.717, 1.165) is 23.7 Å². The number of hydrogen-bond acceptors (Lipinski definition) is 0. The zero-order valence-electron chi connectivity index (χ0n) is 66.5.